The lowest BCUT2D eigenvalue weighted by atomic mass is 10.1. The van der Waals surface area contributed by atoms with Gasteiger partial charge in [-0.1, -0.05) is 23.7 Å². The van der Waals surface area contributed by atoms with E-state index in [1.54, 1.807) is 30.3 Å². The second-order valence-corrected chi connectivity index (χ2v) is 5.68. The van der Waals surface area contributed by atoms with Gasteiger partial charge in [-0.15, -0.1) is 0 Å². The average molecular weight is 354 g/mol. The molecule has 1 atom stereocenters. The molecule has 104 valence electrons. The lowest BCUT2D eigenvalue weighted by molar-refractivity contribution is 0.0741. The number of hydrogen-bond acceptors (Lipinski definition) is 2. The van der Waals surface area contributed by atoms with Crippen molar-refractivity contribution >= 4 is 33.4 Å². The number of amides is 1. The number of aromatic nitrogens is 1. The van der Waals surface area contributed by atoms with E-state index in [-0.39, 0.29) is 11.9 Å². The fourth-order valence-corrected chi connectivity index (χ4v) is 2.52. The standard InChI is InChI=1S/C15H14BrClN2O/c1-10(11-5-3-6-12(17)9-11)19(2)15(20)13-7-4-8-18-14(13)16/h3-10H,1-2H3. The minimum Gasteiger partial charge on any atom is -0.335 e. The van der Waals surface area contributed by atoms with Gasteiger partial charge in [0.15, 0.2) is 0 Å². The summed E-state index contributed by atoms with van der Waals surface area (Å²) >= 11 is 9.30. The summed E-state index contributed by atoms with van der Waals surface area (Å²) in [6.45, 7) is 1.97. The van der Waals surface area contributed by atoms with Gasteiger partial charge in [0.05, 0.1) is 11.6 Å². The van der Waals surface area contributed by atoms with Crippen LogP contribution in [0, 0.1) is 0 Å². The molecule has 0 bridgehead atoms. The van der Waals surface area contributed by atoms with Crippen LogP contribution in [-0.2, 0) is 0 Å². The first-order chi connectivity index (χ1) is 9.50. The number of carbonyl (C=O) groups excluding carboxylic acids is 1. The summed E-state index contributed by atoms with van der Waals surface area (Å²) in [4.78, 5) is 18.2. The molecule has 1 aromatic heterocycles. The molecule has 0 aliphatic heterocycles. The van der Waals surface area contributed by atoms with Crippen molar-refractivity contribution in [1.29, 1.82) is 0 Å². The fraction of sp³-hybridized carbons (Fsp3) is 0.200. The normalized spacial score (nSPS) is 12.0. The van der Waals surface area contributed by atoms with Gasteiger partial charge in [-0.2, -0.15) is 0 Å². The van der Waals surface area contributed by atoms with Crippen molar-refractivity contribution in [3.63, 3.8) is 0 Å². The second kappa shape index (κ2) is 6.37. The van der Waals surface area contributed by atoms with Crippen LogP contribution in [0.4, 0.5) is 0 Å². The molecule has 0 saturated heterocycles. The van der Waals surface area contributed by atoms with Gasteiger partial charge in [-0.3, -0.25) is 4.79 Å². The maximum absolute atomic E-state index is 12.5. The number of benzene rings is 1. The van der Waals surface area contributed by atoms with E-state index >= 15 is 0 Å². The molecule has 1 unspecified atom stereocenters. The minimum absolute atomic E-state index is 0.0756. The summed E-state index contributed by atoms with van der Waals surface area (Å²) < 4.78 is 0.551. The van der Waals surface area contributed by atoms with Gasteiger partial charge in [0.2, 0.25) is 0 Å². The van der Waals surface area contributed by atoms with Crippen LogP contribution in [0.25, 0.3) is 0 Å². The number of carbonyl (C=O) groups is 1. The van der Waals surface area contributed by atoms with E-state index in [0.717, 1.165) is 5.56 Å². The Bertz CT molecular complexity index is 633. The van der Waals surface area contributed by atoms with E-state index in [1.165, 1.54) is 0 Å². The Morgan fingerprint density at radius 3 is 2.75 bits per heavy atom. The Balaban J connectivity index is 2.25. The highest BCUT2D eigenvalue weighted by atomic mass is 79.9. The second-order valence-electron chi connectivity index (χ2n) is 4.49. The highest BCUT2D eigenvalue weighted by molar-refractivity contribution is 9.10. The molecule has 5 heteroatoms. The molecule has 0 spiro atoms. The van der Waals surface area contributed by atoms with E-state index in [4.69, 9.17) is 11.6 Å². The van der Waals surface area contributed by atoms with Crippen molar-refractivity contribution in [2.24, 2.45) is 0 Å². The predicted molar refractivity (Wildman–Crippen MR) is 83.9 cm³/mol. The van der Waals surface area contributed by atoms with Gasteiger partial charge in [0.25, 0.3) is 5.91 Å². The van der Waals surface area contributed by atoms with Gasteiger partial charge in [0.1, 0.15) is 4.60 Å². The molecule has 0 fully saturated rings. The van der Waals surface area contributed by atoms with Gasteiger partial charge in [0, 0.05) is 18.3 Å². The largest absolute Gasteiger partial charge is 0.335 e. The maximum atomic E-state index is 12.5. The predicted octanol–water partition coefficient (Wildman–Crippen LogP) is 4.33. The molecule has 1 heterocycles. The van der Waals surface area contributed by atoms with Crippen LogP contribution in [0.1, 0.15) is 28.9 Å². The van der Waals surface area contributed by atoms with Crippen LogP contribution in [-0.4, -0.2) is 22.8 Å². The van der Waals surface area contributed by atoms with Crippen molar-refractivity contribution in [2.45, 2.75) is 13.0 Å². The summed E-state index contributed by atoms with van der Waals surface area (Å²) in [5.74, 6) is -0.0857. The molecular weight excluding hydrogens is 340 g/mol. The van der Waals surface area contributed by atoms with E-state index in [9.17, 15) is 4.79 Å². The topological polar surface area (TPSA) is 33.2 Å². The Hall–Kier alpha value is -1.39. The molecule has 0 saturated carbocycles. The third-order valence-electron chi connectivity index (χ3n) is 3.22. The Labute approximate surface area is 131 Å². The highest BCUT2D eigenvalue weighted by Gasteiger charge is 2.21. The van der Waals surface area contributed by atoms with Gasteiger partial charge in [-0.25, -0.2) is 4.98 Å². The van der Waals surface area contributed by atoms with Crippen molar-refractivity contribution in [1.82, 2.24) is 9.88 Å². The van der Waals surface area contributed by atoms with Crippen molar-refractivity contribution in [2.75, 3.05) is 7.05 Å². The maximum Gasteiger partial charge on any atom is 0.256 e. The lowest BCUT2D eigenvalue weighted by Gasteiger charge is -2.25. The smallest absolute Gasteiger partial charge is 0.256 e. The number of hydrogen-bond donors (Lipinski definition) is 0. The summed E-state index contributed by atoms with van der Waals surface area (Å²) in [5.41, 5.74) is 1.54. The number of halogens is 2. The third kappa shape index (κ3) is 3.19. The first-order valence-electron chi connectivity index (χ1n) is 6.14. The van der Waals surface area contributed by atoms with Crippen molar-refractivity contribution < 1.29 is 4.79 Å². The quantitative estimate of drug-likeness (QED) is 0.769. The summed E-state index contributed by atoms with van der Waals surface area (Å²) in [6, 6.07) is 10.9. The molecule has 2 rings (SSSR count). The molecule has 0 aliphatic rings. The average Bonchev–Trinajstić information content (AvgIpc) is 2.45. The Kier molecular flexibility index (Phi) is 4.78. The number of nitrogens with zero attached hydrogens (tertiary/aromatic N) is 2. The van der Waals surface area contributed by atoms with E-state index < -0.39 is 0 Å². The zero-order valence-electron chi connectivity index (χ0n) is 11.2. The van der Waals surface area contributed by atoms with Gasteiger partial charge >= 0.3 is 0 Å². The van der Waals surface area contributed by atoms with Crippen LogP contribution in [0.15, 0.2) is 47.2 Å². The molecule has 1 aromatic carbocycles. The fourth-order valence-electron chi connectivity index (χ4n) is 1.90. The summed E-state index contributed by atoms with van der Waals surface area (Å²) in [6.07, 6.45) is 1.64. The van der Waals surface area contributed by atoms with Gasteiger partial charge in [-0.05, 0) is 52.7 Å². The first-order valence-corrected chi connectivity index (χ1v) is 7.31. The van der Waals surface area contributed by atoms with Crippen LogP contribution < -0.4 is 0 Å². The summed E-state index contributed by atoms with van der Waals surface area (Å²) in [7, 11) is 1.77. The third-order valence-corrected chi connectivity index (χ3v) is 4.09. The molecular formula is C15H14BrClN2O. The van der Waals surface area contributed by atoms with Gasteiger partial charge < -0.3 is 4.90 Å². The monoisotopic (exact) mass is 352 g/mol. The molecule has 2 aromatic rings. The first kappa shape index (κ1) is 15.0. The number of rotatable bonds is 3. The van der Waals surface area contributed by atoms with E-state index in [1.807, 2.05) is 31.2 Å². The molecule has 0 N–H and O–H groups in total. The van der Waals surface area contributed by atoms with E-state index in [2.05, 4.69) is 20.9 Å². The lowest BCUT2D eigenvalue weighted by Crippen LogP contribution is -2.30. The van der Waals surface area contributed by atoms with Crippen LogP contribution in [0.5, 0.6) is 0 Å². The SMILES string of the molecule is CC(c1cccc(Cl)c1)N(C)C(=O)c1cccnc1Br. The molecule has 0 radical (unpaired) electrons. The molecule has 0 aliphatic carbocycles. The van der Waals surface area contributed by atoms with Crippen LogP contribution in [0.3, 0.4) is 0 Å². The highest BCUT2D eigenvalue weighted by Crippen LogP contribution is 2.24. The number of pyridine rings is 1. The Morgan fingerprint density at radius 1 is 1.35 bits per heavy atom. The zero-order chi connectivity index (χ0) is 14.7. The molecule has 20 heavy (non-hydrogen) atoms. The summed E-state index contributed by atoms with van der Waals surface area (Å²) in [5, 5.41) is 0.665. The molecule has 3 nitrogen and oxygen atoms in total. The zero-order valence-corrected chi connectivity index (χ0v) is 13.5. The van der Waals surface area contributed by atoms with Crippen LogP contribution in [0.2, 0.25) is 5.02 Å². The minimum atomic E-state index is -0.0857. The van der Waals surface area contributed by atoms with Crippen LogP contribution >= 0.6 is 27.5 Å². The molecule has 1 amide bonds. The Morgan fingerprint density at radius 2 is 2.10 bits per heavy atom. The van der Waals surface area contributed by atoms with Crippen molar-refractivity contribution in [3.8, 4) is 0 Å². The van der Waals surface area contributed by atoms with Crippen molar-refractivity contribution in [3.05, 3.63) is 63.3 Å². The van der Waals surface area contributed by atoms with E-state index in [0.29, 0.717) is 15.2 Å².